The second kappa shape index (κ2) is 31.7. The van der Waals surface area contributed by atoms with E-state index in [1.165, 1.54) is 188 Å². The summed E-state index contributed by atoms with van der Waals surface area (Å²) in [5.41, 5.74) is 15.4. The Morgan fingerprint density at radius 3 is 0.853 bits per heavy atom. The van der Waals surface area contributed by atoms with Crippen LogP contribution in [-0.2, 0) is 0 Å². The van der Waals surface area contributed by atoms with Crippen LogP contribution in [0.2, 0.25) is 0 Å². The summed E-state index contributed by atoms with van der Waals surface area (Å²) in [5.74, 6) is 2.09. The van der Waals surface area contributed by atoms with E-state index in [4.69, 9.17) is 29.9 Å². The summed E-state index contributed by atoms with van der Waals surface area (Å²) in [6.45, 7) is 0. The SMILES string of the molecule is c1ccc(-c2ccc(-c3nc(-n4c5ccccc5c5c6sc7ccccc7c6c6ccccc6c54)nc4sc5ccccc5c34)cc2)cc1.c1ccc2c(-c3nc(-n4c5ccccc5c5c6sc7ccccc7c6c6ccccc6c54)nc4sc5ccccc5c34)cccc2c1.c1ccc2cc(-c3nc(-n4c5ccccc5c5c6sc7ccccc7c6c6ccccc6c54)nc4sc5ccccc5c34)ccc2c1. The molecule has 12 heterocycles. The number of thiophene rings is 6. The molecule has 0 amide bonds. The first kappa shape index (κ1) is 80.8. The van der Waals surface area contributed by atoms with Gasteiger partial charge in [-0.3, -0.25) is 13.7 Å². The molecule has 0 aliphatic rings. The second-order valence-corrected chi connectivity index (χ2v) is 43.0. The van der Waals surface area contributed by atoms with Crippen molar-refractivity contribution in [1.82, 2.24) is 43.6 Å². The second-order valence-electron chi connectivity index (χ2n) is 36.8. The molecule has 0 N–H and O–H groups in total. The highest BCUT2D eigenvalue weighted by Crippen LogP contribution is 2.55. The van der Waals surface area contributed by atoms with E-state index in [9.17, 15) is 0 Å². The van der Waals surface area contributed by atoms with E-state index >= 15 is 0 Å². The number of aromatic nitrogens is 9. The van der Waals surface area contributed by atoms with Crippen LogP contribution >= 0.6 is 68.0 Å². The van der Waals surface area contributed by atoms with Gasteiger partial charge in [0.25, 0.3) is 0 Å². The predicted octanol–water partition coefficient (Wildman–Crippen LogP) is 37.4. The fourth-order valence-electron chi connectivity index (χ4n) is 23.0. The topological polar surface area (TPSA) is 92.1 Å². The van der Waals surface area contributed by atoms with Crippen LogP contribution in [0.25, 0.3) is 303 Å². The Bertz CT molecular complexity index is 11300. The minimum atomic E-state index is 0.693. The summed E-state index contributed by atoms with van der Waals surface area (Å²) in [5, 5.41) is 34.5. The van der Waals surface area contributed by atoms with Gasteiger partial charge in [0.1, 0.15) is 14.5 Å². The maximum absolute atomic E-state index is 5.58. The molecule has 143 heavy (non-hydrogen) atoms. The van der Waals surface area contributed by atoms with Gasteiger partial charge in [-0.1, -0.05) is 370 Å². The van der Waals surface area contributed by atoms with E-state index in [-0.39, 0.29) is 0 Å². The molecule has 21 aromatic carbocycles. The summed E-state index contributed by atoms with van der Waals surface area (Å²) in [7, 11) is 0. The van der Waals surface area contributed by atoms with Crippen molar-refractivity contribution < 1.29 is 0 Å². The summed E-state index contributed by atoms with van der Waals surface area (Å²) in [4.78, 5) is 35.9. The average Bonchev–Trinajstić information content (AvgIpc) is 1.54. The third-order valence-corrected chi connectivity index (χ3v) is 35.8. The van der Waals surface area contributed by atoms with Crippen molar-refractivity contribution in [3.05, 3.63) is 431 Å². The van der Waals surface area contributed by atoms with E-state index in [2.05, 4.69) is 444 Å². The summed E-state index contributed by atoms with van der Waals surface area (Å²) in [6, 6.07) is 155. The Labute approximate surface area is 838 Å². The molecule has 0 bridgehead atoms. The van der Waals surface area contributed by atoms with Crippen LogP contribution in [0, 0.1) is 0 Å². The quantitative estimate of drug-likeness (QED) is 0.158. The molecule has 33 rings (SSSR count). The number of rotatable bonds is 7. The Hall–Kier alpha value is -17.1. The molecule has 0 fully saturated rings. The lowest BCUT2D eigenvalue weighted by atomic mass is 9.99. The van der Waals surface area contributed by atoms with Crippen LogP contribution < -0.4 is 0 Å². The Morgan fingerprint density at radius 1 is 0.161 bits per heavy atom. The number of hydrogen-bond donors (Lipinski definition) is 0. The minimum Gasteiger partial charge on any atom is -0.277 e. The molecule has 0 spiro atoms. The Kier molecular flexibility index (Phi) is 17.9. The average molecular weight is 1930 g/mol. The molecule has 9 nitrogen and oxygen atoms in total. The van der Waals surface area contributed by atoms with E-state index in [0.29, 0.717) is 17.8 Å². The van der Waals surface area contributed by atoms with Crippen molar-refractivity contribution in [3.63, 3.8) is 0 Å². The minimum absolute atomic E-state index is 0.693. The molecule has 15 heteroatoms. The van der Waals surface area contributed by atoms with Gasteiger partial charge in [-0.25, -0.2) is 29.9 Å². The molecule has 0 radical (unpaired) electrons. The fourth-order valence-corrected chi connectivity index (χ4v) is 30.0. The van der Waals surface area contributed by atoms with Gasteiger partial charge in [-0.2, -0.15) is 0 Å². The van der Waals surface area contributed by atoms with Crippen molar-refractivity contribution in [2.24, 2.45) is 0 Å². The third-order valence-electron chi connectivity index (χ3n) is 29.1. The molecule has 33 aromatic rings. The Morgan fingerprint density at radius 2 is 0.441 bits per heavy atom. The molecule has 0 unspecified atom stereocenters. The molecular weight excluding hydrogens is 1860 g/mol. The molecule has 0 saturated heterocycles. The number of para-hydroxylation sites is 3. The number of nitrogens with zero attached hydrogens (tertiary/aromatic N) is 9. The first-order chi connectivity index (χ1) is 71.0. The van der Waals surface area contributed by atoms with Crippen molar-refractivity contribution in [2.75, 3.05) is 0 Å². The maximum atomic E-state index is 5.58. The lowest BCUT2D eigenvalue weighted by Gasteiger charge is -2.13. The van der Waals surface area contributed by atoms with E-state index < -0.39 is 0 Å². The monoisotopic (exact) mass is 1930 g/mol. The van der Waals surface area contributed by atoms with Gasteiger partial charge in [0.15, 0.2) is 0 Å². The Balaban J connectivity index is 0.0000000981. The van der Waals surface area contributed by atoms with Crippen LogP contribution in [0.15, 0.2) is 431 Å². The largest absolute Gasteiger partial charge is 0.277 e. The molecule has 0 atom stereocenters. The first-order valence-electron chi connectivity index (χ1n) is 47.9. The normalized spacial score (nSPS) is 12.2. The zero-order valence-electron chi connectivity index (χ0n) is 76.0. The number of hydrogen-bond acceptors (Lipinski definition) is 12. The van der Waals surface area contributed by atoms with Gasteiger partial charge in [0.05, 0.1) is 50.2 Å². The van der Waals surface area contributed by atoms with Crippen LogP contribution in [0.5, 0.6) is 0 Å². The first-order valence-corrected chi connectivity index (χ1v) is 52.8. The van der Waals surface area contributed by atoms with Crippen molar-refractivity contribution in [3.8, 4) is 62.7 Å². The number of benzene rings is 21. The lowest BCUT2D eigenvalue weighted by Crippen LogP contribution is -2.03. The van der Waals surface area contributed by atoms with Gasteiger partial charge < -0.3 is 0 Å². The molecule has 0 saturated carbocycles. The highest BCUT2D eigenvalue weighted by Gasteiger charge is 2.31. The molecular formula is C128H71N9S6. The fraction of sp³-hybridized carbons (Fsp3) is 0. The predicted molar refractivity (Wildman–Crippen MR) is 616 cm³/mol. The molecule has 0 aliphatic heterocycles. The van der Waals surface area contributed by atoms with Crippen molar-refractivity contribution in [1.29, 1.82) is 0 Å². The maximum Gasteiger partial charge on any atom is 0.236 e. The summed E-state index contributed by atoms with van der Waals surface area (Å²) >= 11 is 10.9. The van der Waals surface area contributed by atoms with Crippen LogP contribution in [0.1, 0.15) is 0 Å². The van der Waals surface area contributed by atoms with Crippen LogP contribution in [0.4, 0.5) is 0 Å². The van der Waals surface area contributed by atoms with Gasteiger partial charge in [0, 0.05) is 172 Å². The highest BCUT2D eigenvalue weighted by atomic mass is 32.1. The van der Waals surface area contributed by atoms with Crippen LogP contribution in [0.3, 0.4) is 0 Å². The third kappa shape index (κ3) is 12.2. The summed E-state index contributed by atoms with van der Waals surface area (Å²) < 4.78 is 18.5. The van der Waals surface area contributed by atoms with Crippen LogP contribution in [-0.4, -0.2) is 43.6 Å². The zero-order valence-corrected chi connectivity index (χ0v) is 80.9. The van der Waals surface area contributed by atoms with E-state index in [0.717, 1.165) is 97.5 Å². The smallest absolute Gasteiger partial charge is 0.236 e. The molecule has 664 valence electrons. The van der Waals surface area contributed by atoms with Gasteiger partial charge in [-0.05, 0) is 109 Å². The molecule has 12 aromatic heterocycles. The van der Waals surface area contributed by atoms with Crippen molar-refractivity contribution >= 4 is 309 Å². The van der Waals surface area contributed by atoms with Gasteiger partial charge >= 0.3 is 0 Å². The molecule has 0 aliphatic carbocycles. The number of fused-ring (bicyclic) bond motifs is 41. The van der Waals surface area contributed by atoms with Gasteiger partial charge in [0.2, 0.25) is 17.8 Å². The van der Waals surface area contributed by atoms with E-state index in [1.54, 1.807) is 34.0 Å². The lowest BCUT2D eigenvalue weighted by molar-refractivity contribution is 1.02. The zero-order chi connectivity index (χ0) is 93.3. The van der Waals surface area contributed by atoms with Gasteiger partial charge in [-0.15, -0.1) is 68.0 Å². The standard InChI is InChI=1S/C44H25N3S2.2C42H23N3S2/c1-2-12-26(13-3-1)27-22-24-28(25-23-27)40-38-33-18-8-11-21-36(33)49-43(38)46-44(45-40)47-34-19-9-6-16-31(34)39-41(47)30-15-5-4-14-29(30)37-32-17-7-10-20-35(32)48-42(37)39;1-2-14-25-24(12-1)13-11-20-27(25)38-36-31-19-7-10-23-34(31)47-41(36)44-42(43-38)45-32-21-8-5-17-29(32)37-39(45)28-16-4-3-15-26(28)35-30-18-6-9-22-33(30)46-40(35)37;1-2-12-25-23-26(22-21-24(25)11-1)38-36-31-17-7-10-20-34(31)47-41(36)44-42(43-38)45-32-18-8-5-15-29(32)37-39(45)28-14-4-3-13-27(28)35-30-16-6-9-19-33(30)46-40(35)37/h1-25H;2*1-23H. The van der Waals surface area contributed by atoms with E-state index in [1.807, 2.05) is 34.0 Å². The summed E-state index contributed by atoms with van der Waals surface area (Å²) in [6.07, 6.45) is 0. The van der Waals surface area contributed by atoms with Crippen molar-refractivity contribution in [2.45, 2.75) is 0 Å². The highest BCUT2D eigenvalue weighted by molar-refractivity contribution is 7.29.